The van der Waals surface area contributed by atoms with Crippen molar-refractivity contribution in [3.8, 4) is 62.6 Å². The first-order valence-electron chi connectivity index (χ1n) is 27.6. The van der Waals surface area contributed by atoms with Crippen molar-refractivity contribution in [1.29, 1.82) is 0 Å². The van der Waals surface area contributed by atoms with Gasteiger partial charge in [0.15, 0.2) is 23.3 Å². The normalized spacial score (nSPS) is 12.3. The molecule has 386 valence electrons. The van der Waals surface area contributed by atoms with Crippen molar-refractivity contribution < 1.29 is 4.42 Å². The Morgan fingerprint density at radius 2 is 0.963 bits per heavy atom. The lowest BCUT2D eigenvalue weighted by Gasteiger charge is -2.19. The van der Waals surface area contributed by atoms with E-state index < -0.39 is 0 Å². The van der Waals surface area contributed by atoms with Gasteiger partial charge in [-0.15, -0.1) is 0 Å². The van der Waals surface area contributed by atoms with Gasteiger partial charge >= 0.3 is 0 Å². The third-order valence-electron chi connectivity index (χ3n) is 16.2. The van der Waals surface area contributed by atoms with Crippen LogP contribution in [0.2, 0.25) is 5.28 Å². The second-order valence-electron chi connectivity index (χ2n) is 21.2. The number of furan rings is 1. The lowest BCUT2D eigenvalue weighted by Crippen LogP contribution is -2.07. The molecule has 9 heteroatoms. The van der Waals surface area contributed by atoms with Crippen molar-refractivity contribution in [3.63, 3.8) is 0 Å². The van der Waals surface area contributed by atoms with Crippen molar-refractivity contribution in [3.05, 3.63) is 259 Å². The molecule has 0 radical (unpaired) electrons. The first kappa shape index (κ1) is 47.6. The molecule has 0 fully saturated rings. The van der Waals surface area contributed by atoms with Crippen LogP contribution in [0.5, 0.6) is 0 Å². The maximum Gasteiger partial charge on any atom is 0.238 e. The van der Waals surface area contributed by atoms with Crippen LogP contribution in [0, 0.1) is 0 Å². The number of rotatable bonds is 9. The SMILES string of the molecule is C[C@@H](Cc1cc(-c2nc(Cl)nc(-c3ccccc3)n2)cc2ccccc12)c1cc(-c2nc(-c3ccccc3)nc(-n3c4cc5ccccc5cc4c4cccc(-c5ccc6c(c5)oc5ccc7ccccc7c56)c43)n2)cc2ccccc12. The molecule has 0 aliphatic rings. The zero-order valence-corrected chi connectivity index (χ0v) is 45.1. The molecule has 4 aromatic heterocycles. The number of hydrogen-bond donors (Lipinski definition) is 0. The molecule has 8 nitrogen and oxygen atoms in total. The van der Waals surface area contributed by atoms with Crippen LogP contribution in [0.3, 0.4) is 0 Å². The molecule has 0 saturated heterocycles. The van der Waals surface area contributed by atoms with Gasteiger partial charge in [-0.05, 0) is 138 Å². The lowest BCUT2D eigenvalue weighted by atomic mass is 9.86. The van der Waals surface area contributed by atoms with Gasteiger partial charge in [0.05, 0.1) is 11.0 Å². The summed E-state index contributed by atoms with van der Waals surface area (Å²) in [7, 11) is 0. The smallest absolute Gasteiger partial charge is 0.238 e. The molecule has 0 spiro atoms. The average Bonchev–Trinajstić information content (AvgIpc) is 4.30. The van der Waals surface area contributed by atoms with Crippen molar-refractivity contribution in [2.45, 2.75) is 19.3 Å². The number of aromatic nitrogens is 7. The Labute approximate surface area is 475 Å². The van der Waals surface area contributed by atoms with Gasteiger partial charge in [-0.2, -0.15) is 19.9 Å². The van der Waals surface area contributed by atoms with E-state index >= 15 is 0 Å². The van der Waals surface area contributed by atoms with Gasteiger partial charge in [0.1, 0.15) is 11.2 Å². The topological polar surface area (TPSA) is 95.4 Å². The quantitative estimate of drug-likeness (QED) is 0.142. The zero-order valence-electron chi connectivity index (χ0n) is 44.3. The minimum Gasteiger partial charge on any atom is -0.456 e. The van der Waals surface area contributed by atoms with Crippen LogP contribution >= 0.6 is 11.6 Å². The predicted molar refractivity (Wildman–Crippen MR) is 336 cm³/mol. The maximum absolute atomic E-state index is 6.69. The highest BCUT2D eigenvalue weighted by Gasteiger charge is 2.24. The molecule has 82 heavy (non-hydrogen) atoms. The van der Waals surface area contributed by atoms with Crippen LogP contribution < -0.4 is 0 Å². The Balaban J connectivity index is 0.878. The van der Waals surface area contributed by atoms with Crippen molar-refractivity contribution in [2.24, 2.45) is 0 Å². The minimum absolute atomic E-state index is 0.0382. The summed E-state index contributed by atoms with van der Waals surface area (Å²) in [6, 6.07) is 85.2. The van der Waals surface area contributed by atoms with Gasteiger partial charge in [0, 0.05) is 49.4 Å². The van der Waals surface area contributed by atoms with E-state index in [1.165, 1.54) is 32.7 Å². The van der Waals surface area contributed by atoms with Crippen LogP contribution in [0.15, 0.2) is 247 Å². The molecular weight excluding hydrogens is 1030 g/mol. The van der Waals surface area contributed by atoms with Crippen LogP contribution in [-0.2, 0) is 6.42 Å². The molecule has 0 unspecified atom stereocenters. The van der Waals surface area contributed by atoms with E-state index in [0.29, 0.717) is 29.2 Å². The standard InChI is InChI=1S/C73H46ClN7O/c1-43(35-52-38-53(36-49-24-11-13-26-55(49)52)70-75-68(77-72(74)78-70)45-18-4-2-5-19-45)61-40-54(37-50-25-12-14-27-56(50)61)71-76-69(46-20-6-3-7-21-46)79-73(80-71)81-63-41-48-23-9-8-22-47(48)39-62(63)59-30-16-29-58(67(59)81)51-31-33-60-65(42-51)82-64-34-32-44-17-10-15-28-57(44)66(60)64/h2-34,36-43H,35H2,1H3/t43-/m0/s1. The van der Waals surface area contributed by atoms with Gasteiger partial charge in [0.2, 0.25) is 11.2 Å². The summed E-state index contributed by atoms with van der Waals surface area (Å²) in [5.41, 5.74) is 11.6. The highest BCUT2D eigenvalue weighted by Crippen LogP contribution is 2.43. The number of nitrogens with zero attached hydrogens (tertiary/aromatic N) is 7. The number of fused-ring (bicyclic) bond motifs is 11. The van der Waals surface area contributed by atoms with Gasteiger partial charge < -0.3 is 4.42 Å². The largest absolute Gasteiger partial charge is 0.456 e. The zero-order chi connectivity index (χ0) is 54.4. The summed E-state index contributed by atoms with van der Waals surface area (Å²) in [6.45, 7) is 2.31. The van der Waals surface area contributed by atoms with E-state index in [1.54, 1.807) is 0 Å². The second-order valence-corrected chi connectivity index (χ2v) is 21.6. The van der Waals surface area contributed by atoms with E-state index in [1.807, 2.05) is 48.5 Å². The van der Waals surface area contributed by atoms with Gasteiger partial charge in [-0.25, -0.2) is 9.97 Å². The summed E-state index contributed by atoms with van der Waals surface area (Å²) in [6.07, 6.45) is 0.721. The number of halogens is 1. The van der Waals surface area contributed by atoms with Crippen LogP contribution in [-0.4, -0.2) is 34.5 Å². The van der Waals surface area contributed by atoms with Crippen LogP contribution in [0.4, 0.5) is 0 Å². The van der Waals surface area contributed by atoms with Crippen molar-refractivity contribution >= 4 is 98.4 Å². The third-order valence-corrected chi connectivity index (χ3v) is 16.4. The molecule has 1 atom stereocenters. The van der Waals surface area contributed by atoms with E-state index in [0.717, 1.165) is 105 Å². The molecule has 0 bridgehead atoms. The van der Waals surface area contributed by atoms with E-state index in [2.05, 4.69) is 216 Å². The fourth-order valence-corrected chi connectivity index (χ4v) is 12.6. The van der Waals surface area contributed by atoms with E-state index in [-0.39, 0.29) is 11.2 Å². The molecule has 16 rings (SSSR count). The molecule has 16 aromatic rings. The fraction of sp³-hybridized carbons (Fsp3) is 0.0411. The molecule has 12 aromatic carbocycles. The molecule has 0 saturated carbocycles. The summed E-state index contributed by atoms with van der Waals surface area (Å²) < 4.78 is 8.95. The monoisotopic (exact) mass is 1070 g/mol. The van der Waals surface area contributed by atoms with Crippen molar-refractivity contribution in [2.75, 3.05) is 0 Å². The Kier molecular flexibility index (Phi) is 11.1. The third kappa shape index (κ3) is 8.06. The predicted octanol–water partition coefficient (Wildman–Crippen LogP) is 19.0. The Hall–Kier alpha value is -10.4. The van der Waals surface area contributed by atoms with Crippen LogP contribution in [0.1, 0.15) is 24.0 Å². The number of benzene rings is 12. The summed E-state index contributed by atoms with van der Waals surface area (Å²) in [4.78, 5) is 30.6. The summed E-state index contributed by atoms with van der Waals surface area (Å²) >= 11 is 6.64. The van der Waals surface area contributed by atoms with Gasteiger partial charge in [0.25, 0.3) is 0 Å². The Morgan fingerprint density at radius 3 is 1.70 bits per heavy atom. The fourth-order valence-electron chi connectivity index (χ4n) is 12.4. The molecule has 0 amide bonds. The minimum atomic E-state index is 0.0382. The van der Waals surface area contributed by atoms with E-state index in [4.69, 9.17) is 36.0 Å². The second kappa shape index (κ2) is 19.2. The highest BCUT2D eigenvalue weighted by atomic mass is 35.5. The number of hydrogen-bond acceptors (Lipinski definition) is 7. The van der Waals surface area contributed by atoms with Gasteiger partial charge in [-0.1, -0.05) is 195 Å². The molecule has 0 N–H and O–H groups in total. The summed E-state index contributed by atoms with van der Waals surface area (Å²) in [5, 5.41) is 13.7. The molecular formula is C73H46ClN7O. The summed E-state index contributed by atoms with van der Waals surface area (Å²) in [5.74, 6) is 2.75. The molecule has 0 aliphatic carbocycles. The Morgan fingerprint density at radius 1 is 0.390 bits per heavy atom. The first-order chi connectivity index (χ1) is 40.4. The molecule has 0 aliphatic heterocycles. The first-order valence-corrected chi connectivity index (χ1v) is 27.9. The highest BCUT2D eigenvalue weighted by molar-refractivity contribution is 6.28. The Bertz CT molecular complexity index is 5250. The average molecular weight is 1070 g/mol. The van der Waals surface area contributed by atoms with E-state index in [9.17, 15) is 0 Å². The maximum atomic E-state index is 6.69. The number of para-hydroxylation sites is 1. The van der Waals surface area contributed by atoms with Crippen molar-refractivity contribution in [1.82, 2.24) is 34.5 Å². The molecule has 4 heterocycles. The lowest BCUT2D eigenvalue weighted by molar-refractivity contribution is 0.669. The van der Waals surface area contributed by atoms with Crippen LogP contribution in [0.25, 0.3) is 149 Å². The van der Waals surface area contributed by atoms with Gasteiger partial charge in [-0.3, -0.25) is 4.57 Å².